The number of rotatable bonds is 3. The molecule has 6 nitrogen and oxygen atoms in total. The second kappa shape index (κ2) is 5.73. The summed E-state index contributed by atoms with van der Waals surface area (Å²) in [7, 11) is 0. The lowest BCUT2D eigenvalue weighted by atomic mass is 9.98. The Morgan fingerprint density at radius 2 is 2.00 bits per heavy atom. The van der Waals surface area contributed by atoms with Gasteiger partial charge >= 0.3 is 5.76 Å². The van der Waals surface area contributed by atoms with Crippen molar-refractivity contribution in [2.24, 2.45) is 5.92 Å². The minimum Gasteiger partial charge on any atom is -0.408 e. The first kappa shape index (κ1) is 13.9. The summed E-state index contributed by atoms with van der Waals surface area (Å²) in [5.74, 6) is -0.304. The zero-order valence-corrected chi connectivity index (χ0v) is 11.7. The summed E-state index contributed by atoms with van der Waals surface area (Å²) in [4.78, 5) is 25.9. The van der Waals surface area contributed by atoms with E-state index in [0.717, 1.165) is 12.8 Å². The van der Waals surface area contributed by atoms with Gasteiger partial charge in [-0.15, -0.1) is 0 Å². The quantitative estimate of drug-likeness (QED) is 0.908. The largest absolute Gasteiger partial charge is 0.420 e. The number of likely N-dealkylation sites (tertiary alicyclic amines) is 1. The maximum Gasteiger partial charge on any atom is 0.420 e. The maximum atomic E-state index is 12.3. The van der Waals surface area contributed by atoms with E-state index in [0.29, 0.717) is 24.2 Å². The van der Waals surface area contributed by atoms with Gasteiger partial charge in [0.15, 0.2) is 5.58 Å². The Hall–Kier alpha value is -2.08. The molecule has 1 aromatic carbocycles. The van der Waals surface area contributed by atoms with Gasteiger partial charge in [0, 0.05) is 19.7 Å². The van der Waals surface area contributed by atoms with Crippen molar-refractivity contribution in [3.05, 3.63) is 34.8 Å². The standard InChI is InChI=1S/C15H18N2O4/c18-10-11-5-7-16(8-6-11)14(19)9-17-12-3-1-2-4-13(12)21-15(17)20/h1-4,11,18H,5-10H2. The summed E-state index contributed by atoms with van der Waals surface area (Å²) in [6.07, 6.45) is 1.62. The smallest absolute Gasteiger partial charge is 0.408 e. The molecule has 1 aliphatic heterocycles. The van der Waals surface area contributed by atoms with E-state index in [1.807, 2.05) is 6.07 Å². The van der Waals surface area contributed by atoms with Gasteiger partial charge in [0.25, 0.3) is 0 Å². The van der Waals surface area contributed by atoms with Crippen molar-refractivity contribution in [3.8, 4) is 0 Å². The predicted molar refractivity (Wildman–Crippen MR) is 76.9 cm³/mol. The van der Waals surface area contributed by atoms with Gasteiger partial charge in [-0.1, -0.05) is 12.1 Å². The maximum absolute atomic E-state index is 12.3. The molecule has 1 amide bonds. The number of piperidine rings is 1. The first-order valence-corrected chi connectivity index (χ1v) is 7.16. The van der Waals surface area contributed by atoms with Crippen molar-refractivity contribution in [2.75, 3.05) is 19.7 Å². The fraction of sp³-hybridized carbons (Fsp3) is 0.467. The number of carbonyl (C=O) groups excluding carboxylic acids is 1. The zero-order valence-electron chi connectivity index (χ0n) is 11.7. The van der Waals surface area contributed by atoms with Crippen LogP contribution in [0, 0.1) is 5.92 Å². The SMILES string of the molecule is O=C(Cn1c(=O)oc2ccccc21)N1CCC(CO)CC1. The highest BCUT2D eigenvalue weighted by atomic mass is 16.4. The van der Waals surface area contributed by atoms with Crippen molar-refractivity contribution < 1.29 is 14.3 Å². The number of oxazole rings is 1. The lowest BCUT2D eigenvalue weighted by molar-refractivity contribution is -0.133. The van der Waals surface area contributed by atoms with E-state index in [-0.39, 0.29) is 25.0 Å². The molecule has 2 heterocycles. The number of amides is 1. The molecule has 0 spiro atoms. The zero-order chi connectivity index (χ0) is 14.8. The van der Waals surface area contributed by atoms with Crippen LogP contribution in [0.5, 0.6) is 0 Å². The molecule has 3 rings (SSSR count). The highest BCUT2D eigenvalue weighted by Gasteiger charge is 2.23. The molecule has 1 fully saturated rings. The van der Waals surface area contributed by atoms with Crippen LogP contribution in [-0.4, -0.2) is 40.2 Å². The van der Waals surface area contributed by atoms with E-state index in [4.69, 9.17) is 9.52 Å². The number of aliphatic hydroxyl groups is 1. The average molecular weight is 290 g/mol. The second-order valence-electron chi connectivity index (χ2n) is 5.43. The summed E-state index contributed by atoms with van der Waals surface area (Å²) in [5.41, 5.74) is 1.13. The molecular weight excluding hydrogens is 272 g/mol. The predicted octanol–water partition coefficient (Wildman–Crippen LogP) is 0.825. The number of hydrogen-bond acceptors (Lipinski definition) is 4. The van der Waals surface area contributed by atoms with E-state index in [1.54, 1.807) is 23.1 Å². The molecule has 1 aliphatic rings. The topological polar surface area (TPSA) is 75.7 Å². The van der Waals surface area contributed by atoms with Gasteiger partial charge in [0.05, 0.1) is 5.52 Å². The van der Waals surface area contributed by atoms with E-state index < -0.39 is 5.76 Å². The van der Waals surface area contributed by atoms with E-state index in [9.17, 15) is 9.59 Å². The molecule has 21 heavy (non-hydrogen) atoms. The Balaban J connectivity index is 1.75. The van der Waals surface area contributed by atoms with Crippen LogP contribution < -0.4 is 5.76 Å². The molecule has 0 radical (unpaired) electrons. The molecule has 112 valence electrons. The molecule has 2 aromatic rings. The highest BCUT2D eigenvalue weighted by Crippen LogP contribution is 2.17. The van der Waals surface area contributed by atoms with Gasteiger partial charge in [-0.05, 0) is 30.9 Å². The van der Waals surface area contributed by atoms with Crippen LogP contribution in [0.15, 0.2) is 33.5 Å². The third-order valence-electron chi connectivity index (χ3n) is 4.09. The number of carbonyl (C=O) groups is 1. The Morgan fingerprint density at radius 1 is 1.29 bits per heavy atom. The first-order valence-electron chi connectivity index (χ1n) is 7.16. The van der Waals surface area contributed by atoms with Crippen LogP contribution in [0.25, 0.3) is 11.1 Å². The molecule has 0 bridgehead atoms. The van der Waals surface area contributed by atoms with Gasteiger partial charge in [-0.3, -0.25) is 9.36 Å². The van der Waals surface area contributed by atoms with Gasteiger partial charge in [-0.2, -0.15) is 0 Å². The Morgan fingerprint density at radius 3 is 2.71 bits per heavy atom. The van der Waals surface area contributed by atoms with E-state index in [2.05, 4.69) is 0 Å². The number of nitrogens with zero attached hydrogens (tertiary/aromatic N) is 2. The van der Waals surface area contributed by atoms with Crippen molar-refractivity contribution in [1.82, 2.24) is 9.47 Å². The summed E-state index contributed by atoms with van der Waals surface area (Å²) >= 11 is 0. The van der Waals surface area contributed by atoms with E-state index >= 15 is 0 Å². The van der Waals surface area contributed by atoms with Gasteiger partial charge in [0.2, 0.25) is 5.91 Å². The second-order valence-corrected chi connectivity index (χ2v) is 5.43. The first-order chi connectivity index (χ1) is 10.2. The molecule has 0 aliphatic carbocycles. The number of benzene rings is 1. The monoisotopic (exact) mass is 290 g/mol. The van der Waals surface area contributed by atoms with Crippen molar-refractivity contribution in [2.45, 2.75) is 19.4 Å². The number of aromatic nitrogens is 1. The van der Waals surface area contributed by atoms with Crippen LogP contribution in [0.2, 0.25) is 0 Å². The molecule has 0 unspecified atom stereocenters. The summed E-state index contributed by atoms with van der Waals surface area (Å²) in [6.45, 7) is 1.44. The highest BCUT2D eigenvalue weighted by molar-refractivity contribution is 5.79. The van der Waals surface area contributed by atoms with Crippen LogP contribution >= 0.6 is 0 Å². The van der Waals surface area contributed by atoms with Crippen molar-refractivity contribution in [1.29, 1.82) is 0 Å². The van der Waals surface area contributed by atoms with Crippen LogP contribution in [-0.2, 0) is 11.3 Å². The third kappa shape index (κ3) is 2.71. The molecule has 1 aromatic heterocycles. The fourth-order valence-electron chi connectivity index (χ4n) is 2.76. The Kier molecular flexibility index (Phi) is 3.79. The molecule has 6 heteroatoms. The minimum atomic E-state index is -0.505. The van der Waals surface area contributed by atoms with Gasteiger partial charge in [0.1, 0.15) is 6.54 Å². The van der Waals surface area contributed by atoms with Crippen LogP contribution in [0.3, 0.4) is 0 Å². The number of para-hydroxylation sites is 2. The van der Waals surface area contributed by atoms with Gasteiger partial charge in [-0.25, -0.2) is 4.79 Å². The Labute approximate surface area is 121 Å². The molecule has 1 saturated heterocycles. The third-order valence-corrected chi connectivity index (χ3v) is 4.09. The van der Waals surface area contributed by atoms with E-state index in [1.165, 1.54) is 4.57 Å². The fourth-order valence-corrected chi connectivity index (χ4v) is 2.76. The van der Waals surface area contributed by atoms with Crippen LogP contribution in [0.1, 0.15) is 12.8 Å². The molecular formula is C15H18N2O4. The molecule has 0 saturated carbocycles. The summed E-state index contributed by atoms with van der Waals surface area (Å²) < 4.78 is 6.50. The molecule has 1 N–H and O–H groups in total. The minimum absolute atomic E-state index is 0.000359. The lowest BCUT2D eigenvalue weighted by Crippen LogP contribution is -2.41. The normalized spacial score (nSPS) is 16.5. The average Bonchev–Trinajstić information content (AvgIpc) is 2.83. The van der Waals surface area contributed by atoms with Crippen molar-refractivity contribution >= 4 is 17.0 Å². The van der Waals surface area contributed by atoms with Gasteiger partial charge < -0.3 is 14.4 Å². The number of aliphatic hydroxyl groups excluding tert-OH is 1. The van der Waals surface area contributed by atoms with Crippen LogP contribution in [0.4, 0.5) is 0 Å². The molecule has 0 atom stereocenters. The number of fused-ring (bicyclic) bond motifs is 1. The van der Waals surface area contributed by atoms with Crippen molar-refractivity contribution in [3.63, 3.8) is 0 Å². The number of hydrogen-bond donors (Lipinski definition) is 1. The summed E-state index contributed by atoms with van der Waals surface area (Å²) in [6, 6.07) is 7.08. The Bertz CT molecular complexity index is 695. The summed E-state index contributed by atoms with van der Waals surface area (Å²) in [5, 5.41) is 9.12. The lowest BCUT2D eigenvalue weighted by Gasteiger charge is -2.31.